The number of hydrogen-bond donors (Lipinski definition) is 1. The van der Waals surface area contributed by atoms with Crippen LogP contribution < -0.4 is 0 Å². The van der Waals surface area contributed by atoms with Crippen molar-refractivity contribution in [2.45, 2.75) is 32.4 Å². The highest BCUT2D eigenvalue weighted by molar-refractivity contribution is 5.82. The number of aliphatic hydroxyl groups excluding tert-OH is 1. The fourth-order valence-corrected chi connectivity index (χ4v) is 2.27. The average Bonchev–Trinajstić information content (AvgIpc) is 2.26. The third-order valence-electron chi connectivity index (χ3n) is 3.28. The van der Waals surface area contributed by atoms with Gasteiger partial charge in [-0.2, -0.15) is 0 Å². The minimum absolute atomic E-state index is 0.0244. The Bertz CT molecular complexity index is 231. The van der Waals surface area contributed by atoms with E-state index >= 15 is 0 Å². The summed E-state index contributed by atoms with van der Waals surface area (Å²) >= 11 is 0. The Labute approximate surface area is 91.9 Å². The quantitative estimate of drug-likeness (QED) is 0.712. The normalized spacial score (nSPS) is 29.7. The van der Waals surface area contributed by atoms with Gasteiger partial charge in [-0.15, -0.1) is 0 Å². The summed E-state index contributed by atoms with van der Waals surface area (Å²) in [6.07, 6.45) is 0.846. The van der Waals surface area contributed by atoms with Gasteiger partial charge in [-0.05, 0) is 19.4 Å². The number of likely N-dealkylation sites (N-methyl/N-ethyl adjacent to an activating group) is 2. The molecule has 0 saturated carbocycles. The highest BCUT2D eigenvalue weighted by atomic mass is 16.3. The molecule has 88 valence electrons. The van der Waals surface area contributed by atoms with Gasteiger partial charge < -0.3 is 10.0 Å². The maximum atomic E-state index is 12.1. The van der Waals surface area contributed by atoms with E-state index in [4.69, 9.17) is 0 Å². The minimum Gasteiger partial charge on any atom is -0.394 e. The maximum Gasteiger partial charge on any atom is 0.240 e. The first-order chi connectivity index (χ1) is 6.99. The molecule has 0 radical (unpaired) electrons. The number of hydrogen-bond acceptors (Lipinski definition) is 3. The predicted molar refractivity (Wildman–Crippen MR) is 59.5 cm³/mol. The van der Waals surface area contributed by atoms with Gasteiger partial charge in [0, 0.05) is 13.6 Å². The first kappa shape index (κ1) is 12.5. The van der Waals surface area contributed by atoms with Crippen molar-refractivity contribution in [3.8, 4) is 0 Å². The number of carbonyl (C=O) groups is 1. The molecule has 0 aliphatic carbocycles. The molecule has 1 aliphatic rings. The Morgan fingerprint density at radius 2 is 2.07 bits per heavy atom. The van der Waals surface area contributed by atoms with Crippen molar-refractivity contribution in [2.75, 3.05) is 27.2 Å². The summed E-state index contributed by atoms with van der Waals surface area (Å²) in [7, 11) is 3.77. The fourth-order valence-electron chi connectivity index (χ4n) is 2.27. The Balaban J connectivity index is 2.86. The summed E-state index contributed by atoms with van der Waals surface area (Å²) in [6, 6.07) is -0.0738. The van der Waals surface area contributed by atoms with Gasteiger partial charge in [-0.3, -0.25) is 9.69 Å². The molecule has 1 aliphatic heterocycles. The first-order valence-corrected chi connectivity index (χ1v) is 5.56. The average molecular weight is 214 g/mol. The van der Waals surface area contributed by atoms with Crippen molar-refractivity contribution >= 4 is 5.91 Å². The van der Waals surface area contributed by atoms with Crippen LogP contribution in [-0.4, -0.2) is 60.1 Å². The van der Waals surface area contributed by atoms with Crippen LogP contribution in [0.3, 0.4) is 0 Å². The second-order valence-corrected chi connectivity index (χ2v) is 4.74. The van der Waals surface area contributed by atoms with Crippen LogP contribution in [-0.2, 0) is 4.79 Å². The van der Waals surface area contributed by atoms with E-state index in [0.29, 0.717) is 5.92 Å². The van der Waals surface area contributed by atoms with E-state index in [1.807, 2.05) is 7.05 Å². The lowest BCUT2D eigenvalue weighted by atomic mass is 10.0. The predicted octanol–water partition coefficient (Wildman–Crippen LogP) is 0.166. The molecule has 4 heteroatoms. The van der Waals surface area contributed by atoms with Crippen LogP contribution in [0.1, 0.15) is 20.3 Å². The maximum absolute atomic E-state index is 12.1. The van der Waals surface area contributed by atoms with Crippen LogP contribution in [0, 0.1) is 5.92 Å². The summed E-state index contributed by atoms with van der Waals surface area (Å²) in [4.78, 5) is 15.9. The molecule has 1 amide bonds. The molecular weight excluding hydrogens is 192 g/mol. The highest BCUT2D eigenvalue weighted by Gasteiger charge is 2.34. The van der Waals surface area contributed by atoms with Gasteiger partial charge in [0.05, 0.1) is 18.7 Å². The molecule has 1 N–H and O–H groups in total. The lowest BCUT2D eigenvalue weighted by molar-refractivity contribution is -0.137. The van der Waals surface area contributed by atoms with E-state index in [-0.39, 0.29) is 24.6 Å². The Hall–Kier alpha value is -0.610. The van der Waals surface area contributed by atoms with Gasteiger partial charge in [0.1, 0.15) is 0 Å². The van der Waals surface area contributed by atoms with Crippen molar-refractivity contribution in [2.24, 2.45) is 5.92 Å². The molecule has 0 spiro atoms. The molecule has 1 rings (SSSR count). The molecule has 1 fully saturated rings. The van der Waals surface area contributed by atoms with Gasteiger partial charge in [-0.25, -0.2) is 0 Å². The van der Waals surface area contributed by atoms with Crippen molar-refractivity contribution in [3.63, 3.8) is 0 Å². The SMILES string of the molecule is CC(C)C1C(=O)N(C)C(CO)CCN1C. The zero-order valence-electron chi connectivity index (χ0n) is 10.1. The summed E-state index contributed by atoms with van der Waals surface area (Å²) in [5.41, 5.74) is 0. The van der Waals surface area contributed by atoms with Crippen LogP contribution in [0.15, 0.2) is 0 Å². The number of carbonyl (C=O) groups excluding carboxylic acids is 1. The zero-order chi connectivity index (χ0) is 11.6. The van der Waals surface area contributed by atoms with E-state index in [9.17, 15) is 9.90 Å². The van der Waals surface area contributed by atoms with E-state index < -0.39 is 0 Å². The third kappa shape index (κ3) is 2.49. The first-order valence-electron chi connectivity index (χ1n) is 5.56. The van der Waals surface area contributed by atoms with Gasteiger partial charge in [0.25, 0.3) is 0 Å². The molecule has 0 aromatic heterocycles. The third-order valence-corrected chi connectivity index (χ3v) is 3.28. The molecule has 4 nitrogen and oxygen atoms in total. The monoisotopic (exact) mass is 214 g/mol. The summed E-state index contributed by atoms with van der Waals surface area (Å²) in [5, 5.41) is 9.20. The van der Waals surface area contributed by atoms with Crippen molar-refractivity contribution in [1.29, 1.82) is 0 Å². The van der Waals surface area contributed by atoms with Crippen LogP contribution in [0.4, 0.5) is 0 Å². The zero-order valence-corrected chi connectivity index (χ0v) is 10.1. The molecule has 0 aromatic rings. The molecule has 1 heterocycles. The van der Waals surface area contributed by atoms with E-state index in [2.05, 4.69) is 18.7 Å². The van der Waals surface area contributed by atoms with E-state index in [1.54, 1.807) is 11.9 Å². The molecule has 0 bridgehead atoms. The summed E-state index contributed by atoms with van der Waals surface area (Å²) in [6.45, 7) is 5.05. The second-order valence-electron chi connectivity index (χ2n) is 4.74. The molecular formula is C11H22N2O2. The number of aliphatic hydroxyl groups is 1. The lowest BCUT2D eigenvalue weighted by Gasteiger charge is -2.30. The van der Waals surface area contributed by atoms with E-state index in [1.165, 1.54) is 0 Å². The van der Waals surface area contributed by atoms with Gasteiger partial charge in [0.2, 0.25) is 5.91 Å². The largest absolute Gasteiger partial charge is 0.394 e. The number of rotatable bonds is 2. The number of nitrogens with zero attached hydrogens (tertiary/aromatic N) is 2. The van der Waals surface area contributed by atoms with Gasteiger partial charge >= 0.3 is 0 Å². The molecule has 1 saturated heterocycles. The van der Waals surface area contributed by atoms with Crippen molar-refractivity contribution < 1.29 is 9.90 Å². The molecule has 0 aromatic carbocycles. The minimum atomic E-state index is -0.0495. The smallest absolute Gasteiger partial charge is 0.240 e. The van der Waals surface area contributed by atoms with Crippen LogP contribution in [0.5, 0.6) is 0 Å². The molecule has 2 unspecified atom stereocenters. The Morgan fingerprint density at radius 1 is 1.47 bits per heavy atom. The van der Waals surface area contributed by atoms with Crippen LogP contribution >= 0.6 is 0 Å². The second kappa shape index (κ2) is 4.94. The lowest BCUT2D eigenvalue weighted by Crippen LogP contribution is -2.48. The topological polar surface area (TPSA) is 43.8 Å². The Kier molecular flexibility index (Phi) is 4.11. The van der Waals surface area contributed by atoms with Crippen LogP contribution in [0.2, 0.25) is 0 Å². The standard InChI is InChI=1S/C11H22N2O2/c1-8(2)10-11(15)13(4)9(7-14)5-6-12(10)3/h8-10,14H,5-7H2,1-4H3. The molecule has 15 heavy (non-hydrogen) atoms. The highest BCUT2D eigenvalue weighted by Crippen LogP contribution is 2.19. The fraction of sp³-hybridized carbons (Fsp3) is 0.909. The summed E-state index contributed by atoms with van der Waals surface area (Å²) < 4.78 is 0. The molecule has 2 atom stereocenters. The van der Waals surface area contributed by atoms with Gasteiger partial charge in [-0.1, -0.05) is 13.8 Å². The summed E-state index contributed by atoms with van der Waals surface area (Å²) in [5.74, 6) is 0.437. The van der Waals surface area contributed by atoms with Crippen LogP contribution in [0.25, 0.3) is 0 Å². The Morgan fingerprint density at radius 3 is 2.53 bits per heavy atom. The van der Waals surface area contributed by atoms with E-state index in [0.717, 1.165) is 13.0 Å². The number of amides is 1. The van der Waals surface area contributed by atoms with Crippen molar-refractivity contribution in [1.82, 2.24) is 9.80 Å². The van der Waals surface area contributed by atoms with Gasteiger partial charge in [0.15, 0.2) is 0 Å². The van der Waals surface area contributed by atoms with Crippen molar-refractivity contribution in [3.05, 3.63) is 0 Å².